The molecule has 0 saturated heterocycles. The summed E-state index contributed by atoms with van der Waals surface area (Å²) in [5, 5.41) is 8.62. The van der Waals surface area contributed by atoms with Crippen LogP contribution in [0.15, 0.2) is 24.7 Å². The third kappa shape index (κ3) is 2.74. The van der Waals surface area contributed by atoms with Gasteiger partial charge in [0, 0.05) is 43.5 Å². The third-order valence-electron chi connectivity index (χ3n) is 2.77. The molecule has 1 atom stereocenters. The van der Waals surface area contributed by atoms with Crippen LogP contribution in [0.5, 0.6) is 0 Å². The van der Waals surface area contributed by atoms with Crippen LogP contribution in [-0.4, -0.2) is 19.6 Å². The van der Waals surface area contributed by atoms with Crippen LogP contribution >= 0.6 is 0 Å². The van der Waals surface area contributed by atoms with Gasteiger partial charge in [0.1, 0.15) is 0 Å². The minimum absolute atomic E-state index is 0.0424. The van der Waals surface area contributed by atoms with E-state index in [1.807, 2.05) is 36.4 Å². The zero-order chi connectivity index (χ0) is 12.4. The summed E-state index contributed by atoms with van der Waals surface area (Å²) in [7, 11) is 1.89. The predicted molar refractivity (Wildman–Crippen MR) is 66.5 cm³/mol. The highest BCUT2D eigenvalue weighted by Crippen LogP contribution is 2.14. The normalized spacial score (nSPS) is 13.2. The van der Waals surface area contributed by atoms with Crippen LogP contribution in [0, 0.1) is 0 Å². The van der Waals surface area contributed by atoms with E-state index in [1.165, 1.54) is 0 Å². The molecule has 0 amide bonds. The fourth-order valence-electron chi connectivity index (χ4n) is 1.75. The number of aryl methyl sites for hydroxylation is 1. The Morgan fingerprint density at radius 1 is 1.41 bits per heavy atom. The summed E-state index contributed by atoms with van der Waals surface area (Å²) >= 11 is 0. The molecule has 0 aliphatic carbocycles. The quantitative estimate of drug-likeness (QED) is 0.869. The van der Waals surface area contributed by atoms with Crippen molar-refractivity contribution in [3.05, 3.63) is 35.9 Å². The maximum absolute atomic E-state index is 6.12. The van der Waals surface area contributed by atoms with Crippen LogP contribution in [0.2, 0.25) is 0 Å². The van der Waals surface area contributed by atoms with Crippen molar-refractivity contribution < 1.29 is 0 Å². The Bertz CT molecular complexity index is 483. The average molecular weight is 233 g/mol. The summed E-state index contributed by atoms with van der Waals surface area (Å²) in [4.78, 5) is 0. The van der Waals surface area contributed by atoms with Gasteiger partial charge >= 0.3 is 0 Å². The topological polar surface area (TPSA) is 61.7 Å². The Labute approximate surface area is 101 Å². The van der Waals surface area contributed by atoms with E-state index in [1.54, 1.807) is 4.68 Å². The molecule has 0 bridgehead atoms. The van der Waals surface area contributed by atoms with Crippen LogP contribution in [0.25, 0.3) is 0 Å². The van der Waals surface area contributed by atoms with Gasteiger partial charge in [0.2, 0.25) is 0 Å². The molecule has 2 N–H and O–H groups in total. The number of nitrogens with zero attached hydrogens (tertiary/aromatic N) is 4. The van der Waals surface area contributed by atoms with Gasteiger partial charge in [-0.3, -0.25) is 9.36 Å². The van der Waals surface area contributed by atoms with Crippen molar-refractivity contribution in [2.75, 3.05) is 0 Å². The lowest BCUT2D eigenvalue weighted by molar-refractivity contribution is 0.522. The van der Waals surface area contributed by atoms with Gasteiger partial charge < -0.3 is 5.73 Å². The number of aromatic nitrogens is 4. The van der Waals surface area contributed by atoms with Crippen LogP contribution in [0.3, 0.4) is 0 Å². The number of hydrogen-bond donors (Lipinski definition) is 1. The number of nitrogens with two attached hydrogens (primary N) is 1. The zero-order valence-corrected chi connectivity index (χ0v) is 10.5. The first kappa shape index (κ1) is 11.9. The van der Waals surface area contributed by atoms with Crippen molar-refractivity contribution >= 4 is 0 Å². The molecule has 2 aromatic heterocycles. The van der Waals surface area contributed by atoms with Crippen molar-refractivity contribution in [3.8, 4) is 0 Å². The molecule has 0 saturated carbocycles. The van der Waals surface area contributed by atoms with Gasteiger partial charge in [-0.05, 0) is 19.9 Å². The summed E-state index contributed by atoms with van der Waals surface area (Å²) in [5.41, 5.74) is 8.19. The van der Waals surface area contributed by atoms with Crippen LogP contribution in [0.1, 0.15) is 37.2 Å². The van der Waals surface area contributed by atoms with Gasteiger partial charge in [0.15, 0.2) is 0 Å². The molecule has 1 unspecified atom stereocenters. The van der Waals surface area contributed by atoms with Gasteiger partial charge in [-0.2, -0.15) is 10.2 Å². The Morgan fingerprint density at radius 3 is 2.71 bits per heavy atom. The fourth-order valence-corrected chi connectivity index (χ4v) is 1.75. The van der Waals surface area contributed by atoms with Crippen molar-refractivity contribution in [2.45, 2.75) is 32.4 Å². The van der Waals surface area contributed by atoms with Crippen molar-refractivity contribution in [1.82, 2.24) is 19.6 Å². The standard InChI is InChI=1S/C12H19N5/c1-9(2)17-5-4-11(15-17)6-12(13)10-7-14-16(3)8-10/h4-5,7-9,12H,6,13H2,1-3H3. The molecule has 2 heterocycles. The molecule has 17 heavy (non-hydrogen) atoms. The molecule has 0 aromatic carbocycles. The minimum atomic E-state index is -0.0424. The van der Waals surface area contributed by atoms with Crippen molar-refractivity contribution in [3.63, 3.8) is 0 Å². The first-order chi connectivity index (χ1) is 8.06. The third-order valence-corrected chi connectivity index (χ3v) is 2.77. The molecule has 0 radical (unpaired) electrons. The van der Waals surface area contributed by atoms with Crippen LogP contribution < -0.4 is 5.73 Å². The molecule has 0 fully saturated rings. The first-order valence-corrected chi connectivity index (χ1v) is 5.84. The summed E-state index contributed by atoms with van der Waals surface area (Å²) in [6.07, 6.45) is 6.50. The van der Waals surface area contributed by atoms with E-state index >= 15 is 0 Å². The highest BCUT2D eigenvalue weighted by atomic mass is 15.3. The monoisotopic (exact) mass is 233 g/mol. The molecule has 5 heteroatoms. The molecular formula is C12H19N5. The van der Waals surface area contributed by atoms with Gasteiger partial charge in [-0.1, -0.05) is 0 Å². The Balaban J connectivity index is 2.05. The molecule has 2 rings (SSSR count). The van der Waals surface area contributed by atoms with E-state index in [9.17, 15) is 0 Å². The lowest BCUT2D eigenvalue weighted by atomic mass is 10.1. The second-order valence-electron chi connectivity index (χ2n) is 4.64. The van der Waals surface area contributed by atoms with E-state index < -0.39 is 0 Å². The summed E-state index contributed by atoms with van der Waals surface area (Å²) < 4.78 is 3.72. The molecule has 0 aliphatic rings. The molecule has 0 spiro atoms. The van der Waals surface area contributed by atoms with Crippen molar-refractivity contribution in [1.29, 1.82) is 0 Å². The van der Waals surface area contributed by atoms with E-state index in [0.29, 0.717) is 6.04 Å². The molecule has 92 valence electrons. The minimum Gasteiger partial charge on any atom is -0.324 e. The molecule has 0 aliphatic heterocycles. The summed E-state index contributed by atoms with van der Waals surface area (Å²) in [6.45, 7) is 4.22. The first-order valence-electron chi connectivity index (χ1n) is 5.84. The maximum atomic E-state index is 6.12. The number of rotatable bonds is 4. The van der Waals surface area contributed by atoms with Crippen LogP contribution in [-0.2, 0) is 13.5 Å². The second-order valence-corrected chi connectivity index (χ2v) is 4.64. The van der Waals surface area contributed by atoms with E-state index in [2.05, 4.69) is 24.0 Å². The second kappa shape index (κ2) is 4.71. The lowest BCUT2D eigenvalue weighted by Crippen LogP contribution is -2.13. The largest absolute Gasteiger partial charge is 0.324 e. The smallest absolute Gasteiger partial charge is 0.0643 e. The lowest BCUT2D eigenvalue weighted by Gasteiger charge is -2.07. The van der Waals surface area contributed by atoms with Gasteiger partial charge in [0.25, 0.3) is 0 Å². The van der Waals surface area contributed by atoms with Gasteiger partial charge in [-0.25, -0.2) is 0 Å². The average Bonchev–Trinajstić information content (AvgIpc) is 2.86. The Hall–Kier alpha value is -1.62. The maximum Gasteiger partial charge on any atom is 0.0643 e. The van der Waals surface area contributed by atoms with Crippen molar-refractivity contribution in [2.24, 2.45) is 12.8 Å². The molecular weight excluding hydrogens is 214 g/mol. The van der Waals surface area contributed by atoms with Gasteiger partial charge in [0.05, 0.1) is 11.9 Å². The van der Waals surface area contributed by atoms with E-state index in [4.69, 9.17) is 5.73 Å². The highest BCUT2D eigenvalue weighted by Gasteiger charge is 2.11. The van der Waals surface area contributed by atoms with Gasteiger partial charge in [-0.15, -0.1) is 0 Å². The SMILES string of the molecule is CC(C)n1ccc(CC(N)c2cnn(C)c2)n1. The Kier molecular flexibility index (Phi) is 3.28. The fraction of sp³-hybridized carbons (Fsp3) is 0.500. The van der Waals surface area contributed by atoms with Crippen LogP contribution in [0.4, 0.5) is 0 Å². The van der Waals surface area contributed by atoms with E-state index in [0.717, 1.165) is 17.7 Å². The number of hydrogen-bond acceptors (Lipinski definition) is 3. The highest BCUT2D eigenvalue weighted by molar-refractivity contribution is 5.13. The zero-order valence-electron chi connectivity index (χ0n) is 10.5. The summed E-state index contributed by atoms with van der Waals surface area (Å²) in [5.74, 6) is 0. The summed E-state index contributed by atoms with van der Waals surface area (Å²) in [6, 6.07) is 2.37. The molecule has 5 nitrogen and oxygen atoms in total. The predicted octanol–water partition coefficient (Wildman–Crippen LogP) is 1.44. The Morgan fingerprint density at radius 2 is 2.18 bits per heavy atom. The molecule has 2 aromatic rings. The van der Waals surface area contributed by atoms with E-state index in [-0.39, 0.29) is 6.04 Å².